The van der Waals surface area contributed by atoms with E-state index in [-0.39, 0.29) is 0 Å². The van der Waals surface area contributed by atoms with Gasteiger partial charge in [0.05, 0.1) is 66.1 Å². The van der Waals surface area contributed by atoms with E-state index in [0.717, 1.165) is 24.2 Å². The number of hydrogen-bond donors (Lipinski definition) is 0. The smallest absolute Gasteiger partial charge is 0.102 e. The van der Waals surface area contributed by atoms with Crippen molar-refractivity contribution in [3.63, 3.8) is 0 Å². The van der Waals surface area contributed by atoms with E-state index in [4.69, 9.17) is 9.47 Å². The predicted molar refractivity (Wildman–Crippen MR) is 111 cm³/mol. The minimum Gasteiger partial charge on any atom is -0.821 e. The van der Waals surface area contributed by atoms with Gasteiger partial charge in [-0.05, 0) is 22.3 Å². The summed E-state index contributed by atoms with van der Waals surface area (Å²) in [7, 11) is 8.24. The average molecular weight is 413 g/mol. The maximum atomic E-state index is 13.2. The molecule has 0 amide bonds. The normalized spacial score (nSPS) is 30.7. The van der Waals surface area contributed by atoms with Gasteiger partial charge in [0.2, 0.25) is 0 Å². The van der Waals surface area contributed by atoms with Crippen molar-refractivity contribution in [2.24, 2.45) is 0 Å². The fourth-order valence-electron chi connectivity index (χ4n) is 4.47. The van der Waals surface area contributed by atoms with Gasteiger partial charge in [-0.2, -0.15) is 0 Å². The number of hydrogen-bond acceptors (Lipinski definition) is 4. The topological polar surface area (TPSA) is 64.6 Å². The van der Waals surface area contributed by atoms with Crippen molar-refractivity contribution in [3.8, 4) is 11.1 Å². The molecule has 30 heavy (non-hydrogen) atoms. The van der Waals surface area contributed by atoms with Crippen LogP contribution in [0.4, 0.5) is 0 Å². The van der Waals surface area contributed by atoms with Crippen LogP contribution < -0.4 is 10.2 Å². The highest BCUT2D eigenvalue weighted by Crippen LogP contribution is 2.31. The van der Waals surface area contributed by atoms with Crippen molar-refractivity contribution in [2.45, 2.75) is 11.6 Å². The van der Waals surface area contributed by atoms with Gasteiger partial charge in [0.1, 0.15) is 13.1 Å². The molecule has 6 nitrogen and oxygen atoms in total. The quantitative estimate of drug-likeness (QED) is 0.693. The first-order valence-electron chi connectivity index (χ1n) is 10.5. The van der Waals surface area contributed by atoms with Crippen molar-refractivity contribution in [1.82, 2.24) is 0 Å². The van der Waals surface area contributed by atoms with Gasteiger partial charge in [-0.15, -0.1) is 0 Å². The van der Waals surface area contributed by atoms with Crippen molar-refractivity contribution in [2.75, 3.05) is 67.6 Å². The van der Waals surface area contributed by atoms with Crippen molar-refractivity contribution in [3.05, 3.63) is 59.7 Å². The summed E-state index contributed by atoms with van der Waals surface area (Å²) in [6.07, 6.45) is 0. The van der Waals surface area contributed by atoms with E-state index in [9.17, 15) is 10.2 Å². The Labute approximate surface area is 179 Å². The molecule has 0 aliphatic carbocycles. The Bertz CT molecular complexity index is 819. The Morgan fingerprint density at radius 2 is 0.967 bits per heavy atom. The first kappa shape index (κ1) is 21.4. The monoisotopic (exact) mass is 412 g/mol. The van der Waals surface area contributed by atoms with E-state index in [1.165, 1.54) is 0 Å². The lowest BCUT2D eigenvalue weighted by molar-refractivity contribution is -0.927. The van der Waals surface area contributed by atoms with E-state index in [0.29, 0.717) is 46.4 Å². The average Bonchev–Trinajstić information content (AvgIpc) is 2.66. The van der Waals surface area contributed by atoms with Crippen molar-refractivity contribution >= 4 is 0 Å². The van der Waals surface area contributed by atoms with Crippen molar-refractivity contribution < 1.29 is 28.7 Å². The fraction of sp³-hybridized carbons (Fsp3) is 0.500. The molecule has 2 atom stereocenters. The lowest BCUT2D eigenvalue weighted by atomic mass is 9.96. The van der Waals surface area contributed by atoms with Crippen LogP contribution in [-0.2, 0) is 21.0 Å². The molecule has 2 saturated heterocycles. The van der Waals surface area contributed by atoms with Crippen molar-refractivity contribution in [1.29, 1.82) is 0 Å². The Balaban J connectivity index is 1.53. The summed E-state index contributed by atoms with van der Waals surface area (Å²) in [5.41, 5.74) is 3.31. The van der Waals surface area contributed by atoms with Crippen LogP contribution in [0, 0.1) is 0 Å². The summed E-state index contributed by atoms with van der Waals surface area (Å²) in [6, 6.07) is 15.2. The van der Waals surface area contributed by atoms with Gasteiger partial charge in [0, 0.05) is 0 Å². The van der Waals surface area contributed by atoms with Gasteiger partial charge in [-0.25, -0.2) is 0 Å². The van der Waals surface area contributed by atoms with E-state index < -0.39 is 11.6 Å². The maximum Gasteiger partial charge on any atom is 0.102 e. The lowest BCUT2D eigenvalue weighted by Gasteiger charge is -2.50. The van der Waals surface area contributed by atoms with Gasteiger partial charge in [-0.3, -0.25) is 0 Å². The summed E-state index contributed by atoms with van der Waals surface area (Å²) in [4.78, 5) is 0. The highest BCUT2D eigenvalue weighted by Gasteiger charge is 2.35. The molecular weight excluding hydrogens is 380 g/mol. The number of benzene rings is 2. The second kappa shape index (κ2) is 7.41. The Kier molecular flexibility index (Phi) is 5.29. The van der Waals surface area contributed by atoms with Gasteiger partial charge < -0.3 is 28.7 Å². The molecule has 2 aromatic carbocycles. The van der Waals surface area contributed by atoms with Gasteiger partial charge in [0.15, 0.2) is 0 Å². The second-order valence-corrected chi connectivity index (χ2v) is 9.99. The molecule has 2 heterocycles. The van der Waals surface area contributed by atoms with Crippen LogP contribution in [0.3, 0.4) is 0 Å². The molecule has 162 valence electrons. The van der Waals surface area contributed by atoms with Crippen LogP contribution in [0.15, 0.2) is 48.5 Å². The van der Waals surface area contributed by atoms with Crippen LogP contribution in [0.1, 0.15) is 11.1 Å². The molecule has 4 rings (SSSR count). The number of quaternary nitrogens is 2. The van der Waals surface area contributed by atoms with Crippen LogP contribution in [0.5, 0.6) is 0 Å². The maximum absolute atomic E-state index is 13.2. The third-order valence-corrected chi connectivity index (χ3v) is 6.32. The highest BCUT2D eigenvalue weighted by molar-refractivity contribution is 5.64. The summed E-state index contributed by atoms with van der Waals surface area (Å²) >= 11 is 0. The van der Waals surface area contributed by atoms with Gasteiger partial charge >= 0.3 is 0 Å². The fourth-order valence-corrected chi connectivity index (χ4v) is 4.47. The summed E-state index contributed by atoms with van der Waals surface area (Å²) < 4.78 is 12.6. The molecular formula is C24H32N2O4. The highest BCUT2D eigenvalue weighted by atomic mass is 16.6. The SMILES string of the molecule is C[N+]1(C)CCOC([O-])(c2ccc(-c3ccc(C4([O-])C[N+](C)(C)CCO4)cc3)cc2)C1. The zero-order valence-corrected chi connectivity index (χ0v) is 18.4. The number of nitrogens with zero attached hydrogens (tertiary/aromatic N) is 2. The third kappa shape index (κ3) is 4.30. The number of morpholine rings is 2. The largest absolute Gasteiger partial charge is 0.821 e. The molecule has 2 aromatic rings. The zero-order chi connectivity index (χ0) is 21.6. The Hall–Kier alpha value is -1.80. The van der Waals surface area contributed by atoms with E-state index in [1.54, 1.807) is 0 Å². The molecule has 2 aliphatic rings. The first-order chi connectivity index (χ1) is 14.0. The number of likely N-dealkylation sites (N-methyl/N-ethyl adjacent to an activating group) is 2. The summed E-state index contributed by atoms with van der Waals surface area (Å²) in [6.45, 7) is 3.43. The molecule has 2 aliphatic heterocycles. The van der Waals surface area contributed by atoms with Gasteiger partial charge in [0.25, 0.3) is 0 Å². The zero-order valence-electron chi connectivity index (χ0n) is 18.4. The second-order valence-electron chi connectivity index (χ2n) is 9.99. The Morgan fingerprint density at radius 1 is 0.633 bits per heavy atom. The third-order valence-electron chi connectivity index (χ3n) is 6.32. The molecule has 2 unspecified atom stereocenters. The molecule has 0 saturated carbocycles. The summed E-state index contributed by atoms with van der Waals surface area (Å²) in [5, 5.41) is 26.4. The molecule has 0 aromatic heterocycles. The molecule has 6 heteroatoms. The molecule has 0 spiro atoms. The minimum absolute atomic E-state index is 0.404. The van der Waals surface area contributed by atoms with Crippen LogP contribution >= 0.6 is 0 Å². The van der Waals surface area contributed by atoms with Crippen LogP contribution in [0.2, 0.25) is 0 Å². The molecule has 0 bridgehead atoms. The minimum atomic E-state index is -1.51. The van der Waals surface area contributed by atoms with E-state index in [2.05, 4.69) is 28.2 Å². The van der Waals surface area contributed by atoms with Crippen LogP contribution in [0.25, 0.3) is 11.1 Å². The lowest BCUT2D eigenvalue weighted by Crippen LogP contribution is -2.63. The Morgan fingerprint density at radius 3 is 1.27 bits per heavy atom. The molecule has 0 N–H and O–H groups in total. The first-order valence-corrected chi connectivity index (χ1v) is 10.5. The number of ether oxygens (including phenoxy) is 2. The predicted octanol–water partition coefficient (Wildman–Crippen LogP) is 0.593. The molecule has 2 fully saturated rings. The summed E-state index contributed by atoms with van der Waals surface area (Å²) in [5.74, 6) is -3.02. The van der Waals surface area contributed by atoms with Gasteiger partial charge in [-0.1, -0.05) is 48.5 Å². The molecule has 0 radical (unpaired) electrons. The van der Waals surface area contributed by atoms with E-state index in [1.807, 2.05) is 48.5 Å². The standard InChI is InChI=1S/C24H32N2O4/c1-25(2)13-15-29-23(27,17-25)21-9-5-19(6-10-21)20-7-11-22(12-8-20)24(28)18-26(3,4)14-16-30-24/h5-12H,13-18H2,1-4H3. The number of rotatable bonds is 3. The van der Waals surface area contributed by atoms with Crippen LogP contribution in [-0.4, -0.2) is 76.5 Å². The van der Waals surface area contributed by atoms with E-state index >= 15 is 0 Å².